The van der Waals surface area contributed by atoms with Crippen LogP contribution in [0.1, 0.15) is 11.1 Å². The Morgan fingerprint density at radius 2 is 2.10 bits per heavy atom. The molecule has 1 heterocycles. The number of H-pyrrole nitrogens is 1. The topological polar surface area (TPSA) is 86.9 Å². The van der Waals surface area contributed by atoms with Gasteiger partial charge in [0.2, 0.25) is 10.0 Å². The first-order valence-corrected chi connectivity index (χ1v) is 7.41. The monoisotopic (exact) mass is 298 g/mol. The van der Waals surface area contributed by atoms with E-state index >= 15 is 0 Å². The molecule has 0 saturated heterocycles. The van der Waals surface area contributed by atoms with E-state index < -0.39 is 15.8 Å². The Morgan fingerprint density at radius 3 is 2.70 bits per heavy atom. The van der Waals surface area contributed by atoms with Crippen LogP contribution in [-0.2, 0) is 23.1 Å². The Labute approximate surface area is 116 Å². The van der Waals surface area contributed by atoms with Crippen molar-refractivity contribution in [2.45, 2.75) is 18.0 Å². The number of hydrogen-bond acceptors (Lipinski definition) is 4. The van der Waals surface area contributed by atoms with Crippen LogP contribution >= 0.6 is 0 Å². The van der Waals surface area contributed by atoms with Gasteiger partial charge in [-0.3, -0.25) is 5.10 Å². The highest BCUT2D eigenvalue weighted by Crippen LogP contribution is 2.16. The number of hydrogen-bond donors (Lipinski definition) is 3. The average Bonchev–Trinajstić information content (AvgIpc) is 2.90. The third-order valence-electron chi connectivity index (χ3n) is 2.69. The van der Waals surface area contributed by atoms with E-state index in [2.05, 4.69) is 20.2 Å². The van der Waals surface area contributed by atoms with Crippen LogP contribution in [0.25, 0.3) is 0 Å². The number of halogens is 1. The van der Waals surface area contributed by atoms with E-state index in [-0.39, 0.29) is 11.4 Å². The highest BCUT2D eigenvalue weighted by Gasteiger charge is 2.19. The summed E-state index contributed by atoms with van der Waals surface area (Å²) in [6.07, 6.45) is 3.06. The molecule has 6 nitrogen and oxygen atoms in total. The summed E-state index contributed by atoms with van der Waals surface area (Å²) in [7, 11) is -2.15. The zero-order valence-electron chi connectivity index (χ0n) is 10.9. The average molecular weight is 298 g/mol. The highest BCUT2D eigenvalue weighted by atomic mass is 32.2. The molecule has 3 N–H and O–H groups in total. The first kappa shape index (κ1) is 14.6. The van der Waals surface area contributed by atoms with Crippen LogP contribution in [0.3, 0.4) is 0 Å². The molecular formula is C12H15FN4O2S. The highest BCUT2D eigenvalue weighted by molar-refractivity contribution is 7.89. The Hall–Kier alpha value is -1.77. The van der Waals surface area contributed by atoms with Crippen LogP contribution in [0.2, 0.25) is 0 Å². The van der Waals surface area contributed by atoms with Crippen LogP contribution in [0.15, 0.2) is 35.5 Å². The lowest BCUT2D eigenvalue weighted by Crippen LogP contribution is -2.24. The second kappa shape index (κ2) is 6.12. The first-order chi connectivity index (χ1) is 9.53. The van der Waals surface area contributed by atoms with Crippen LogP contribution in [0.4, 0.5) is 4.39 Å². The molecule has 20 heavy (non-hydrogen) atoms. The third kappa shape index (κ3) is 3.41. The molecule has 0 amide bonds. The molecule has 0 spiro atoms. The summed E-state index contributed by atoms with van der Waals surface area (Å²) in [6.45, 7) is 0.524. The minimum Gasteiger partial charge on any atom is -0.316 e. The quantitative estimate of drug-likeness (QED) is 0.734. The minimum atomic E-state index is -3.89. The molecule has 2 rings (SSSR count). The van der Waals surface area contributed by atoms with Gasteiger partial charge in [0.05, 0.1) is 6.20 Å². The standard InChI is InChI=1S/C12H15FN4O2S/c1-14-5-9-2-3-12(11(13)4-9)20(18,19)17-8-10-6-15-16-7-10/h2-4,6-7,14,17H,5,8H2,1H3,(H,15,16). The third-order valence-corrected chi connectivity index (χ3v) is 4.12. The fraction of sp³-hybridized carbons (Fsp3) is 0.250. The molecule has 108 valence electrons. The Kier molecular flexibility index (Phi) is 4.48. The Bertz CT molecular complexity index is 671. The first-order valence-electron chi connectivity index (χ1n) is 5.93. The molecule has 0 radical (unpaired) electrons. The van der Waals surface area contributed by atoms with E-state index in [1.807, 2.05) is 0 Å². The predicted molar refractivity (Wildman–Crippen MR) is 71.8 cm³/mol. The van der Waals surface area contributed by atoms with Gasteiger partial charge in [0.15, 0.2) is 0 Å². The molecule has 0 aliphatic heterocycles. The van der Waals surface area contributed by atoms with Crippen molar-refractivity contribution in [2.75, 3.05) is 7.05 Å². The van der Waals surface area contributed by atoms with Crippen LogP contribution < -0.4 is 10.0 Å². The van der Waals surface area contributed by atoms with Crippen molar-refractivity contribution in [2.24, 2.45) is 0 Å². The zero-order chi connectivity index (χ0) is 14.6. The van der Waals surface area contributed by atoms with Crippen molar-refractivity contribution in [3.63, 3.8) is 0 Å². The van der Waals surface area contributed by atoms with E-state index in [0.29, 0.717) is 17.7 Å². The SMILES string of the molecule is CNCc1ccc(S(=O)(=O)NCc2cn[nH]c2)c(F)c1. The van der Waals surface area contributed by atoms with Crippen LogP contribution in [0, 0.1) is 5.82 Å². The van der Waals surface area contributed by atoms with Gasteiger partial charge < -0.3 is 5.32 Å². The maximum atomic E-state index is 13.9. The molecule has 0 unspecified atom stereocenters. The maximum absolute atomic E-state index is 13.9. The van der Waals surface area contributed by atoms with E-state index in [1.165, 1.54) is 18.3 Å². The van der Waals surface area contributed by atoms with Crippen molar-refractivity contribution < 1.29 is 12.8 Å². The lowest BCUT2D eigenvalue weighted by atomic mass is 10.2. The lowest BCUT2D eigenvalue weighted by molar-refractivity contribution is 0.555. The largest absolute Gasteiger partial charge is 0.316 e. The zero-order valence-corrected chi connectivity index (χ0v) is 11.7. The van der Waals surface area contributed by atoms with Gasteiger partial charge in [0.25, 0.3) is 0 Å². The summed E-state index contributed by atoms with van der Waals surface area (Å²) in [5.74, 6) is -0.766. The van der Waals surface area contributed by atoms with Gasteiger partial charge in [-0.05, 0) is 24.7 Å². The molecule has 0 aliphatic carbocycles. The van der Waals surface area contributed by atoms with Crippen molar-refractivity contribution in [3.05, 3.63) is 47.5 Å². The molecule has 2 aromatic rings. The van der Waals surface area contributed by atoms with Crippen molar-refractivity contribution in [3.8, 4) is 0 Å². The number of nitrogens with zero attached hydrogens (tertiary/aromatic N) is 1. The predicted octanol–water partition coefficient (Wildman–Crippen LogP) is 0.747. The number of sulfonamides is 1. The Balaban J connectivity index is 2.16. The van der Waals surface area contributed by atoms with Crippen molar-refractivity contribution in [1.82, 2.24) is 20.2 Å². The molecule has 1 aromatic carbocycles. The number of aromatic amines is 1. The van der Waals surface area contributed by atoms with Gasteiger partial charge in [-0.2, -0.15) is 5.10 Å². The van der Waals surface area contributed by atoms with Gasteiger partial charge >= 0.3 is 0 Å². The number of aromatic nitrogens is 2. The van der Waals surface area contributed by atoms with Crippen molar-refractivity contribution >= 4 is 10.0 Å². The summed E-state index contributed by atoms with van der Waals surface area (Å²) in [4.78, 5) is -0.360. The fourth-order valence-electron chi connectivity index (χ4n) is 1.71. The second-order valence-electron chi connectivity index (χ2n) is 4.23. The smallest absolute Gasteiger partial charge is 0.243 e. The molecule has 0 fully saturated rings. The van der Waals surface area contributed by atoms with Crippen LogP contribution in [0.5, 0.6) is 0 Å². The van der Waals surface area contributed by atoms with Gasteiger partial charge in [0.1, 0.15) is 10.7 Å². The molecule has 0 aliphatic rings. The summed E-state index contributed by atoms with van der Waals surface area (Å²) in [5, 5.41) is 9.15. The van der Waals surface area contributed by atoms with Crippen molar-refractivity contribution in [1.29, 1.82) is 0 Å². The fourth-order valence-corrected chi connectivity index (χ4v) is 2.78. The maximum Gasteiger partial charge on any atom is 0.243 e. The molecule has 0 bridgehead atoms. The second-order valence-corrected chi connectivity index (χ2v) is 5.96. The molecule has 1 aromatic heterocycles. The summed E-state index contributed by atoms with van der Waals surface area (Å²) in [5.41, 5.74) is 1.35. The molecular weight excluding hydrogens is 283 g/mol. The number of nitrogens with one attached hydrogen (secondary N) is 3. The summed E-state index contributed by atoms with van der Waals surface area (Å²) in [6, 6.07) is 4.05. The molecule has 0 atom stereocenters. The van der Waals surface area contributed by atoms with E-state index in [1.54, 1.807) is 19.3 Å². The molecule has 8 heteroatoms. The lowest BCUT2D eigenvalue weighted by Gasteiger charge is -2.08. The van der Waals surface area contributed by atoms with E-state index in [4.69, 9.17) is 0 Å². The van der Waals surface area contributed by atoms with Gasteiger partial charge in [-0.25, -0.2) is 17.5 Å². The van der Waals surface area contributed by atoms with E-state index in [9.17, 15) is 12.8 Å². The normalized spacial score (nSPS) is 11.7. The minimum absolute atomic E-state index is 0.0521. The van der Waals surface area contributed by atoms with E-state index in [0.717, 1.165) is 0 Å². The summed E-state index contributed by atoms with van der Waals surface area (Å²) < 4.78 is 40.2. The van der Waals surface area contributed by atoms with Crippen LogP contribution in [-0.4, -0.2) is 25.7 Å². The number of rotatable bonds is 6. The Morgan fingerprint density at radius 1 is 1.30 bits per heavy atom. The van der Waals surface area contributed by atoms with Gasteiger partial charge in [-0.15, -0.1) is 0 Å². The summed E-state index contributed by atoms with van der Waals surface area (Å²) >= 11 is 0. The molecule has 0 saturated carbocycles. The van der Waals surface area contributed by atoms with Gasteiger partial charge in [0, 0.05) is 24.8 Å². The number of benzene rings is 1. The van der Waals surface area contributed by atoms with Gasteiger partial charge in [-0.1, -0.05) is 6.07 Å².